The van der Waals surface area contributed by atoms with Crippen LogP contribution in [0.3, 0.4) is 0 Å². The zero-order valence-corrected chi connectivity index (χ0v) is 12.3. The summed E-state index contributed by atoms with van der Waals surface area (Å²) in [6.45, 7) is 5.06. The van der Waals surface area contributed by atoms with E-state index in [0.717, 1.165) is 17.4 Å². The molecule has 2 rings (SSSR count). The first-order valence-electron chi connectivity index (χ1n) is 6.13. The molecule has 0 aliphatic rings. The number of rotatable bonds is 4. The van der Waals surface area contributed by atoms with Gasteiger partial charge in [0.2, 0.25) is 0 Å². The summed E-state index contributed by atoms with van der Waals surface area (Å²) in [5, 5.41) is 4.27. The van der Waals surface area contributed by atoms with Crippen molar-refractivity contribution in [1.82, 2.24) is 9.78 Å². The number of nitrogens with zero attached hydrogens (tertiary/aromatic N) is 2. The van der Waals surface area contributed by atoms with Crippen molar-refractivity contribution in [2.45, 2.75) is 32.9 Å². The molecule has 1 atom stereocenters. The molecule has 0 radical (unpaired) electrons. The zero-order valence-electron chi connectivity index (χ0n) is 10.7. The highest BCUT2D eigenvalue weighted by molar-refractivity contribution is 9.10. The van der Waals surface area contributed by atoms with Crippen molar-refractivity contribution in [2.75, 3.05) is 0 Å². The van der Waals surface area contributed by atoms with Crippen LogP contribution in [0.25, 0.3) is 0 Å². The van der Waals surface area contributed by atoms with Gasteiger partial charge in [0.15, 0.2) is 0 Å². The molecule has 2 N–H and O–H groups in total. The molecule has 0 fully saturated rings. The van der Waals surface area contributed by atoms with Crippen LogP contribution in [0.2, 0.25) is 0 Å². The number of aromatic nitrogens is 2. The van der Waals surface area contributed by atoms with Crippen molar-refractivity contribution in [3.63, 3.8) is 0 Å². The van der Waals surface area contributed by atoms with Gasteiger partial charge in [0.25, 0.3) is 0 Å². The number of hydrogen-bond donors (Lipinski definition) is 1. The summed E-state index contributed by atoms with van der Waals surface area (Å²) in [5.41, 5.74) is 9.88. The third-order valence-corrected chi connectivity index (χ3v) is 4.03. The van der Waals surface area contributed by atoms with Crippen molar-refractivity contribution in [2.24, 2.45) is 5.73 Å². The fourth-order valence-electron chi connectivity index (χ4n) is 2.07. The molecule has 1 aromatic carbocycles. The molecule has 18 heavy (non-hydrogen) atoms. The van der Waals surface area contributed by atoms with Crippen LogP contribution in [-0.2, 0) is 13.0 Å². The van der Waals surface area contributed by atoms with E-state index in [-0.39, 0.29) is 6.04 Å². The summed E-state index contributed by atoms with van der Waals surface area (Å²) in [4.78, 5) is 0. The second-order valence-electron chi connectivity index (χ2n) is 4.47. The van der Waals surface area contributed by atoms with Gasteiger partial charge in [0.05, 0.1) is 6.20 Å². The quantitative estimate of drug-likeness (QED) is 0.942. The average Bonchev–Trinajstić information content (AvgIpc) is 2.80. The highest BCUT2D eigenvalue weighted by atomic mass is 79.9. The minimum Gasteiger partial charge on any atom is -0.324 e. The summed E-state index contributed by atoms with van der Waals surface area (Å²) in [7, 11) is 0. The molecular weight excluding hydrogens is 290 g/mol. The molecule has 0 spiro atoms. The van der Waals surface area contributed by atoms with Crippen molar-refractivity contribution in [3.05, 3.63) is 51.8 Å². The maximum Gasteiger partial charge on any atom is 0.0522 e. The molecule has 0 aliphatic carbocycles. The first kappa shape index (κ1) is 13.3. The van der Waals surface area contributed by atoms with Gasteiger partial charge in [-0.1, -0.05) is 28.1 Å². The SMILES string of the molecule is CCn1cc(CC(N)c2cccc(Br)c2C)cn1. The molecule has 2 aromatic rings. The largest absolute Gasteiger partial charge is 0.324 e. The fraction of sp³-hybridized carbons (Fsp3) is 0.357. The monoisotopic (exact) mass is 307 g/mol. The van der Waals surface area contributed by atoms with Gasteiger partial charge in [0, 0.05) is 23.3 Å². The van der Waals surface area contributed by atoms with Gasteiger partial charge in [-0.25, -0.2) is 0 Å². The molecular formula is C14H18BrN3. The molecule has 96 valence electrons. The van der Waals surface area contributed by atoms with Gasteiger partial charge in [-0.05, 0) is 43.0 Å². The lowest BCUT2D eigenvalue weighted by Crippen LogP contribution is -2.14. The van der Waals surface area contributed by atoms with E-state index in [4.69, 9.17) is 5.73 Å². The Morgan fingerprint density at radius 1 is 1.44 bits per heavy atom. The molecule has 3 nitrogen and oxygen atoms in total. The van der Waals surface area contributed by atoms with E-state index in [9.17, 15) is 0 Å². The van der Waals surface area contributed by atoms with Crippen LogP contribution in [0, 0.1) is 6.92 Å². The predicted octanol–water partition coefficient (Wildman–Crippen LogP) is 3.22. The van der Waals surface area contributed by atoms with E-state index in [1.807, 2.05) is 23.0 Å². The maximum absolute atomic E-state index is 6.29. The van der Waals surface area contributed by atoms with E-state index in [1.54, 1.807) is 0 Å². The fourth-order valence-corrected chi connectivity index (χ4v) is 2.46. The predicted molar refractivity (Wildman–Crippen MR) is 77.4 cm³/mol. The Labute approximate surface area is 116 Å². The van der Waals surface area contributed by atoms with Crippen molar-refractivity contribution >= 4 is 15.9 Å². The van der Waals surface area contributed by atoms with E-state index < -0.39 is 0 Å². The van der Waals surface area contributed by atoms with Gasteiger partial charge in [-0.15, -0.1) is 0 Å². The number of halogens is 1. The lowest BCUT2D eigenvalue weighted by molar-refractivity contribution is 0.657. The lowest BCUT2D eigenvalue weighted by atomic mass is 9.97. The van der Waals surface area contributed by atoms with Crippen LogP contribution < -0.4 is 5.73 Å². The smallest absolute Gasteiger partial charge is 0.0522 e. The Kier molecular flexibility index (Phi) is 4.19. The second-order valence-corrected chi connectivity index (χ2v) is 5.32. The summed E-state index contributed by atoms with van der Waals surface area (Å²) in [6, 6.07) is 6.18. The molecule has 0 amide bonds. The summed E-state index contributed by atoms with van der Waals surface area (Å²) >= 11 is 3.54. The minimum absolute atomic E-state index is 0.0111. The lowest BCUT2D eigenvalue weighted by Gasteiger charge is -2.14. The second kappa shape index (κ2) is 5.67. The first-order valence-corrected chi connectivity index (χ1v) is 6.93. The molecule has 1 heterocycles. The third-order valence-electron chi connectivity index (χ3n) is 3.18. The number of nitrogens with two attached hydrogens (primary N) is 1. The molecule has 1 unspecified atom stereocenters. The van der Waals surface area contributed by atoms with Crippen molar-refractivity contribution in [3.8, 4) is 0 Å². The van der Waals surface area contributed by atoms with Crippen LogP contribution in [0.1, 0.15) is 29.7 Å². The number of hydrogen-bond acceptors (Lipinski definition) is 2. The third kappa shape index (κ3) is 2.82. The van der Waals surface area contributed by atoms with E-state index in [1.165, 1.54) is 16.7 Å². The molecule has 1 aromatic heterocycles. The number of aryl methyl sites for hydroxylation is 1. The Balaban J connectivity index is 2.16. The summed E-state index contributed by atoms with van der Waals surface area (Å²) in [5.74, 6) is 0. The normalized spacial score (nSPS) is 12.7. The Morgan fingerprint density at radius 3 is 2.89 bits per heavy atom. The molecule has 0 saturated heterocycles. The molecule has 4 heteroatoms. The molecule has 0 aliphatic heterocycles. The van der Waals surface area contributed by atoms with Crippen LogP contribution in [0.5, 0.6) is 0 Å². The highest BCUT2D eigenvalue weighted by Gasteiger charge is 2.12. The zero-order chi connectivity index (χ0) is 13.1. The Bertz CT molecular complexity index is 534. The first-order chi connectivity index (χ1) is 8.61. The van der Waals surface area contributed by atoms with Crippen molar-refractivity contribution < 1.29 is 0 Å². The summed E-state index contributed by atoms with van der Waals surface area (Å²) in [6.07, 6.45) is 4.78. The summed E-state index contributed by atoms with van der Waals surface area (Å²) < 4.78 is 3.04. The maximum atomic E-state index is 6.29. The Morgan fingerprint density at radius 2 is 2.22 bits per heavy atom. The van der Waals surface area contributed by atoms with Gasteiger partial charge in [-0.3, -0.25) is 4.68 Å². The molecule has 0 saturated carbocycles. The minimum atomic E-state index is 0.0111. The topological polar surface area (TPSA) is 43.8 Å². The van der Waals surface area contributed by atoms with Crippen molar-refractivity contribution in [1.29, 1.82) is 0 Å². The Hall–Kier alpha value is -1.13. The van der Waals surface area contributed by atoms with Gasteiger partial charge in [0.1, 0.15) is 0 Å². The van der Waals surface area contributed by atoms with Crippen LogP contribution >= 0.6 is 15.9 Å². The van der Waals surface area contributed by atoms with E-state index >= 15 is 0 Å². The standard InChI is InChI=1S/C14H18BrN3/c1-3-18-9-11(8-17-18)7-14(16)12-5-4-6-13(15)10(12)2/h4-6,8-9,14H,3,7,16H2,1-2H3. The van der Waals surface area contributed by atoms with E-state index in [0.29, 0.717) is 0 Å². The van der Waals surface area contributed by atoms with Gasteiger partial charge < -0.3 is 5.73 Å². The number of benzene rings is 1. The molecule has 0 bridgehead atoms. The average molecular weight is 308 g/mol. The van der Waals surface area contributed by atoms with Crippen LogP contribution in [-0.4, -0.2) is 9.78 Å². The highest BCUT2D eigenvalue weighted by Crippen LogP contribution is 2.25. The van der Waals surface area contributed by atoms with Gasteiger partial charge in [-0.2, -0.15) is 5.10 Å². The van der Waals surface area contributed by atoms with Gasteiger partial charge >= 0.3 is 0 Å². The van der Waals surface area contributed by atoms with Crippen LogP contribution in [0.15, 0.2) is 35.1 Å². The van der Waals surface area contributed by atoms with E-state index in [2.05, 4.69) is 47.1 Å². The van der Waals surface area contributed by atoms with Crippen LogP contribution in [0.4, 0.5) is 0 Å².